The summed E-state index contributed by atoms with van der Waals surface area (Å²) in [5.74, 6) is -0.0532. The topological polar surface area (TPSA) is 69.6 Å². The second-order valence-electron chi connectivity index (χ2n) is 15.1. The van der Waals surface area contributed by atoms with Crippen molar-refractivity contribution in [1.82, 2.24) is 5.32 Å². The van der Waals surface area contributed by atoms with Crippen LogP contribution in [0.15, 0.2) is 0 Å². The summed E-state index contributed by atoms with van der Waals surface area (Å²) >= 11 is 0. The number of hydrogen-bond acceptors (Lipinski definition) is 3. The summed E-state index contributed by atoms with van der Waals surface area (Å²) in [5, 5.41) is 22.7. The first-order chi connectivity index (χ1) is 23.2. The van der Waals surface area contributed by atoms with Gasteiger partial charge in [-0.2, -0.15) is 0 Å². The number of carbonyl (C=O) groups is 1. The number of nitrogens with one attached hydrogen (secondary N) is 1. The Balaban J connectivity index is 3.24. The molecule has 0 aromatic heterocycles. The summed E-state index contributed by atoms with van der Waals surface area (Å²) in [4.78, 5) is 12.0. The summed E-state index contributed by atoms with van der Waals surface area (Å²) in [7, 11) is 0. The first kappa shape index (κ1) is 46.4. The lowest BCUT2D eigenvalue weighted by molar-refractivity contribution is -0.123. The SMILES string of the molecule is CCCCCCCCCCCCCCCCCCCCCCCCCCCCCCCCCCC(O)C(CO)NC(=O)CCCCC. The second-order valence-corrected chi connectivity index (χ2v) is 15.1. The number of aliphatic hydroxyl groups is 2. The molecule has 0 fully saturated rings. The van der Waals surface area contributed by atoms with Crippen LogP contribution in [0.1, 0.15) is 251 Å². The predicted molar refractivity (Wildman–Crippen MR) is 207 cm³/mol. The minimum Gasteiger partial charge on any atom is -0.394 e. The molecule has 4 heteroatoms. The zero-order chi connectivity index (χ0) is 34.3. The zero-order valence-electron chi connectivity index (χ0n) is 32.3. The highest BCUT2D eigenvalue weighted by Crippen LogP contribution is 2.17. The van der Waals surface area contributed by atoms with Crippen LogP contribution in [0.5, 0.6) is 0 Å². The van der Waals surface area contributed by atoms with E-state index in [0.29, 0.717) is 12.8 Å². The number of rotatable bonds is 40. The molecule has 2 atom stereocenters. The molecule has 0 aliphatic carbocycles. The van der Waals surface area contributed by atoms with Gasteiger partial charge in [0.15, 0.2) is 0 Å². The van der Waals surface area contributed by atoms with Crippen LogP contribution in [0.25, 0.3) is 0 Å². The highest BCUT2D eigenvalue weighted by Gasteiger charge is 2.19. The lowest BCUT2D eigenvalue weighted by atomic mass is 10.0. The van der Waals surface area contributed by atoms with Gasteiger partial charge in [-0.25, -0.2) is 0 Å². The number of carbonyl (C=O) groups excluding carboxylic acids is 1. The summed E-state index contributed by atoms with van der Waals surface area (Å²) < 4.78 is 0. The molecule has 3 N–H and O–H groups in total. The number of aliphatic hydroxyl groups excluding tert-OH is 2. The maximum absolute atomic E-state index is 12.0. The molecule has 0 rings (SSSR count). The van der Waals surface area contributed by atoms with E-state index in [4.69, 9.17) is 0 Å². The van der Waals surface area contributed by atoms with Crippen molar-refractivity contribution < 1.29 is 15.0 Å². The van der Waals surface area contributed by atoms with Crippen molar-refractivity contribution in [3.8, 4) is 0 Å². The molecule has 0 saturated carbocycles. The molecule has 2 unspecified atom stereocenters. The van der Waals surface area contributed by atoms with Gasteiger partial charge in [0.05, 0.1) is 18.8 Å². The minimum absolute atomic E-state index is 0.0532. The van der Waals surface area contributed by atoms with Gasteiger partial charge < -0.3 is 15.5 Å². The third-order valence-corrected chi connectivity index (χ3v) is 10.4. The molecule has 4 nitrogen and oxygen atoms in total. The molecular formula is C43H87NO3. The molecule has 0 bridgehead atoms. The number of hydrogen-bond donors (Lipinski definition) is 3. The van der Waals surface area contributed by atoms with Crippen LogP contribution in [-0.2, 0) is 4.79 Å². The van der Waals surface area contributed by atoms with Crippen molar-refractivity contribution in [3.63, 3.8) is 0 Å². The first-order valence-electron chi connectivity index (χ1n) is 21.7. The van der Waals surface area contributed by atoms with Gasteiger partial charge in [-0.15, -0.1) is 0 Å². The van der Waals surface area contributed by atoms with E-state index in [-0.39, 0.29) is 12.5 Å². The van der Waals surface area contributed by atoms with E-state index in [0.717, 1.165) is 32.1 Å². The van der Waals surface area contributed by atoms with Crippen molar-refractivity contribution in [1.29, 1.82) is 0 Å². The van der Waals surface area contributed by atoms with E-state index in [9.17, 15) is 15.0 Å². The van der Waals surface area contributed by atoms with Crippen molar-refractivity contribution in [2.75, 3.05) is 6.61 Å². The van der Waals surface area contributed by atoms with Gasteiger partial charge in [-0.05, 0) is 12.8 Å². The first-order valence-corrected chi connectivity index (χ1v) is 21.7. The molecule has 0 aliphatic heterocycles. The van der Waals surface area contributed by atoms with Gasteiger partial charge in [-0.1, -0.05) is 232 Å². The third kappa shape index (κ3) is 36.5. The van der Waals surface area contributed by atoms with E-state index in [1.165, 1.54) is 193 Å². The average Bonchev–Trinajstić information content (AvgIpc) is 3.07. The molecule has 0 aromatic rings. The van der Waals surface area contributed by atoms with E-state index in [1.54, 1.807) is 0 Å². The maximum atomic E-state index is 12.0. The molecule has 0 aromatic carbocycles. The molecule has 1 amide bonds. The average molecular weight is 666 g/mol. The standard InChI is InChI=1S/C43H87NO3/c1-3-5-7-8-9-10-11-12-13-14-15-16-17-18-19-20-21-22-23-24-25-26-27-28-29-30-31-32-33-34-35-37-38-42(46)41(40-45)44-43(47)39-36-6-4-2/h41-42,45-46H,3-40H2,1-2H3,(H,44,47). The van der Waals surface area contributed by atoms with E-state index < -0.39 is 12.1 Å². The van der Waals surface area contributed by atoms with Crippen molar-refractivity contribution >= 4 is 5.91 Å². The van der Waals surface area contributed by atoms with Crippen LogP contribution in [0.4, 0.5) is 0 Å². The highest BCUT2D eigenvalue weighted by molar-refractivity contribution is 5.76. The van der Waals surface area contributed by atoms with Gasteiger partial charge in [0.1, 0.15) is 0 Å². The summed E-state index contributed by atoms with van der Waals surface area (Å²) in [5.41, 5.74) is 0. The van der Waals surface area contributed by atoms with Crippen molar-refractivity contribution in [2.45, 2.75) is 264 Å². The Morgan fingerprint density at radius 2 is 0.681 bits per heavy atom. The quantitative estimate of drug-likeness (QED) is 0.0570. The van der Waals surface area contributed by atoms with Crippen LogP contribution in [0.3, 0.4) is 0 Å². The van der Waals surface area contributed by atoms with Gasteiger partial charge in [-0.3, -0.25) is 4.79 Å². The number of unbranched alkanes of at least 4 members (excludes halogenated alkanes) is 33. The van der Waals surface area contributed by atoms with E-state index >= 15 is 0 Å². The van der Waals surface area contributed by atoms with Crippen LogP contribution in [0.2, 0.25) is 0 Å². The molecule has 47 heavy (non-hydrogen) atoms. The monoisotopic (exact) mass is 666 g/mol. The fraction of sp³-hybridized carbons (Fsp3) is 0.977. The zero-order valence-corrected chi connectivity index (χ0v) is 32.3. The Morgan fingerprint density at radius 3 is 0.957 bits per heavy atom. The Kier molecular flexibility index (Phi) is 39.3. The summed E-state index contributed by atoms with van der Waals surface area (Å²) in [6, 6.07) is -0.525. The molecule has 0 saturated heterocycles. The third-order valence-electron chi connectivity index (χ3n) is 10.4. The van der Waals surface area contributed by atoms with Gasteiger partial charge in [0.25, 0.3) is 0 Å². The van der Waals surface area contributed by atoms with Gasteiger partial charge >= 0.3 is 0 Å². The Hall–Kier alpha value is -0.610. The minimum atomic E-state index is -0.649. The number of amides is 1. The van der Waals surface area contributed by atoms with Crippen molar-refractivity contribution in [3.05, 3.63) is 0 Å². The van der Waals surface area contributed by atoms with E-state index in [1.807, 2.05) is 0 Å². The van der Waals surface area contributed by atoms with Crippen LogP contribution >= 0.6 is 0 Å². The Bertz CT molecular complexity index is 598. The summed E-state index contributed by atoms with van der Waals surface area (Å²) in [6.07, 6.45) is 48.5. The molecular weight excluding hydrogens is 578 g/mol. The molecule has 0 radical (unpaired) electrons. The van der Waals surface area contributed by atoms with Crippen LogP contribution in [-0.4, -0.2) is 34.9 Å². The normalized spacial score (nSPS) is 12.9. The fourth-order valence-corrected chi connectivity index (χ4v) is 7.01. The lowest BCUT2D eigenvalue weighted by Crippen LogP contribution is -2.45. The van der Waals surface area contributed by atoms with E-state index in [2.05, 4.69) is 19.2 Å². The largest absolute Gasteiger partial charge is 0.394 e. The summed E-state index contributed by atoms with van der Waals surface area (Å²) in [6.45, 7) is 4.22. The van der Waals surface area contributed by atoms with Gasteiger partial charge in [0, 0.05) is 6.42 Å². The highest BCUT2D eigenvalue weighted by atomic mass is 16.3. The Morgan fingerprint density at radius 1 is 0.426 bits per heavy atom. The smallest absolute Gasteiger partial charge is 0.220 e. The predicted octanol–water partition coefficient (Wildman–Crippen LogP) is 13.3. The van der Waals surface area contributed by atoms with Crippen LogP contribution < -0.4 is 5.32 Å². The van der Waals surface area contributed by atoms with Crippen LogP contribution in [0, 0.1) is 0 Å². The molecule has 282 valence electrons. The maximum Gasteiger partial charge on any atom is 0.220 e. The van der Waals surface area contributed by atoms with Crippen molar-refractivity contribution in [2.24, 2.45) is 0 Å². The second kappa shape index (κ2) is 39.8. The van der Waals surface area contributed by atoms with Gasteiger partial charge in [0.2, 0.25) is 5.91 Å². The lowest BCUT2D eigenvalue weighted by Gasteiger charge is -2.22. The Labute approximate surface area is 295 Å². The fourth-order valence-electron chi connectivity index (χ4n) is 7.01. The molecule has 0 heterocycles. The molecule has 0 aliphatic rings. The molecule has 0 spiro atoms.